The Balaban J connectivity index is 1.68. The second-order valence-corrected chi connectivity index (χ2v) is 9.35. The maximum atomic E-state index is 14.2. The summed E-state index contributed by atoms with van der Waals surface area (Å²) in [4.78, 5) is 12.5. The normalized spacial score (nSPS) is 11.4. The van der Waals surface area contributed by atoms with Gasteiger partial charge in [0, 0.05) is 26.3 Å². The third kappa shape index (κ3) is 5.90. The smallest absolute Gasteiger partial charge is 0.242 e. The molecule has 0 saturated heterocycles. The highest BCUT2D eigenvalue weighted by Crippen LogP contribution is 2.21. The van der Waals surface area contributed by atoms with Gasteiger partial charge in [-0.3, -0.25) is 4.79 Å². The number of nitrogens with one attached hydrogen (secondary N) is 2. The third-order valence-corrected chi connectivity index (χ3v) is 6.43. The van der Waals surface area contributed by atoms with E-state index in [4.69, 9.17) is 0 Å². The van der Waals surface area contributed by atoms with Crippen LogP contribution < -0.4 is 10.6 Å². The highest BCUT2D eigenvalue weighted by molar-refractivity contribution is 7.89. The molecule has 3 rings (SSSR count). The molecule has 0 aromatic heterocycles. The summed E-state index contributed by atoms with van der Waals surface area (Å²) in [5.41, 5.74) is 2.26. The Labute approximate surface area is 181 Å². The van der Waals surface area contributed by atoms with Crippen molar-refractivity contribution in [3.05, 3.63) is 89.7 Å². The number of carbonyl (C=O) groups excluding carboxylic acids is 1. The number of benzene rings is 3. The van der Waals surface area contributed by atoms with Crippen LogP contribution in [0.1, 0.15) is 11.1 Å². The molecule has 0 spiro atoms. The Kier molecular flexibility index (Phi) is 7.04. The number of sulfonamides is 1. The van der Waals surface area contributed by atoms with Crippen LogP contribution in [0.2, 0.25) is 0 Å². The summed E-state index contributed by atoms with van der Waals surface area (Å²) in [7, 11) is -0.568. The lowest BCUT2D eigenvalue weighted by Crippen LogP contribution is -2.22. The molecule has 0 fully saturated rings. The van der Waals surface area contributed by atoms with Gasteiger partial charge in [-0.25, -0.2) is 17.1 Å². The highest BCUT2D eigenvalue weighted by Gasteiger charge is 2.17. The van der Waals surface area contributed by atoms with E-state index < -0.39 is 15.8 Å². The van der Waals surface area contributed by atoms with Crippen molar-refractivity contribution in [2.45, 2.75) is 17.9 Å². The third-order valence-electron chi connectivity index (χ3n) is 4.62. The van der Waals surface area contributed by atoms with Crippen LogP contribution in [0, 0.1) is 5.82 Å². The van der Waals surface area contributed by atoms with Gasteiger partial charge in [-0.15, -0.1) is 0 Å². The van der Waals surface area contributed by atoms with Crippen molar-refractivity contribution < 1.29 is 17.6 Å². The summed E-state index contributed by atoms with van der Waals surface area (Å²) in [6, 6.07) is 20.2. The second kappa shape index (κ2) is 9.72. The monoisotopic (exact) mass is 441 g/mol. The molecule has 0 unspecified atom stereocenters. The number of hydrogen-bond acceptors (Lipinski definition) is 4. The van der Waals surface area contributed by atoms with Crippen molar-refractivity contribution in [3.8, 4) is 0 Å². The van der Waals surface area contributed by atoms with Crippen molar-refractivity contribution in [1.82, 2.24) is 4.31 Å². The maximum absolute atomic E-state index is 14.2. The predicted molar refractivity (Wildman–Crippen MR) is 120 cm³/mol. The summed E-state index contributed by atoms with van der Waals surface area (Å²) < 4.78 is 39.9. The average molecular weight is 442 g/mol. The first-order chi connectivity index (χ1) is 14.8. The minimum atomic E-state index is -3.53. The number of hydrogen-bond donors (Lipinski definition) is 2. The van der Waals surface area contributed by atoms with Crippen LogP contribution in [0.25, 0.3) is 0 Å². The lowest BCUT2D eigenvalue weighted by Gasteiger charge is -2.13. The Morgan fingerprint density at radius 1 is 0.935 bits per heavy atom. The average Bonchev–Trinajstić information content (AvgIpc) is 2.75. The Hall–Kier alpha value is -3.23. The van der Waals surface area contributed by atoms with Gasteiger partial charge in [0.15, 0.2) is 0 Å². The van der Waals surface area contributed by atoms with Crippen LogP contribution in [0.3, 0.4) is 0 Å². The summed E-state index contributed by atoms with van der Waals surface area (Å²) in [5, 5.41) is 5.73. The molecule has 2 N–H and O–H groups in total. The van der Waals surface area contributed by atoms with E-state index in [2.05, 4.69) is 10.6 Å². The fourth-order valence-corrected chi connectivity index (χ4v) is 3.91. The van der Waals surface area contributed by atoms with E-state index in [1.807, 2.05) is 30.3 Å². The van der Waals surface area contributed by atoms with Crippen LogP contribution >= 0.6 is 0 Å². The van der Waals surface area contributed by atoms with E-state index in [0.29, 0.717) is 12.2 Å². The van der Waals surface area contributed by atoms with Crippen LogP contribution in [-0.2, 0) is 27.8 Å². The molecule has 0 heterocycles. The fraction of sp³-hybridized carbons (Fsp3) is 0.174. The molecule has 0 aliphatic rings. The minimum Gasteiger partial charge on any atom is -0.381 e. The molecule has 0 aliphatic heterocycles. The molecule has 0 atom stereocenters. The molecule has 6 nitrogen and oxygen atoms in total. The van der Waals surface area contributed by atoms with Crippen molar-refractivity contribution in [2.24, 2.45) is 0 Å². The van der Waals surface area contributed by atoms with E-state index in [9.17, 15) is 17.6 Å². The molecule has 0 bridgehead atoms. The van der Waals surface area contributed by atoms with Crippen molar-refractivity contribution in [1.29, 1.82) is 0 Å². The van der Waals surface area contributed by atoms with Crippen molar-refractivity contribution >= 4 is 27.3 Å². The Morgan fingerprint density at radius 2 is 1.65 bits per heavy atom. The van der Waals surface area contributed by atoms with Crippen LogP contribution in [-0.4, -0.2) is 32.7 Å². The number of halogens is 1. The quantitative estimate of drug-likeness (QED) is 0.556. The molecular formula is C23H24FN3O3S. The first-order valence-electron chi connectivity index (χ1n) is 9.64. The topological polar surface area (TPSA) is 78.5 Å². The molecule has 0 saturated carbocycles. The molecule has 3 aromatic rings. The zero-order valence-corrected chi connectivity index (χ0v) is 18.1. The lowest BCUT2D eigenvalue weighted by atomic mass is 10.1. The summed E-state index contributed by atoms with van der Waals surface area (Å²) >= 11 is 0. The van der Waals surface area contributed by atoms with Gasteiger partial charge in [0.2, 0.25) is 15.9 Å². The number of nitrogens with zero attached hydrogens (tertiary/aromatic N) is 1. The van der Waals surface area contributed by atoms with Gasteiger partial charge in [-0.1, -0.05) is 42.5 Å². The number of anilines is 2. The van der Waals surface area contributed by atoms with E-state index in [1.54, 1.807) is 24.3 Å². The van der Waals surface area contributed by atoms with Crippen molar-refractivity contribution in [2.75, 3.05) is 24.7 Å². The molecule has 3 aromatic carbocycles. The summed E-state index contributed by atoms with van der Waals surface area (Å²) in [5.74, 6) is -0.852. The van der Waals surface area contributed by atoms with Gasteiger partial charge in [0.1, 0.15) is 5.82 Å². The molecule has 0 aliphatic carbocycles. The molecule has 162 valence electrons. The van der Waals surface area contributed by atoms with Crippen LogP contribution in [0.4, 0.5) is 15.8 Å². The molecule has 8 heteroatoms. The maximum Gasteiger partial charge on any atom is 0.242 e. The largest absolute Gasteiger partial charge is 0.381 e. The first-order valence-corrected chi connectivity index (χ1v) is 11.1. The Bertz CT molecular complexity index is 1170. The number of carbonyl (C=O) groups is 1. The van der Waals surface area contributed by atoms with E-state index in [0.717, 1.165) is 15.4 Å². The molecule has 0 radical (unpaired) electrons. The van der Waals surface area contributed by atoms with Gasteiger partial charge < -0.3 is 10.6 Å². The van der Waals surface area contributed by atoms with Gasteiger partial charge in [-0.05, 0) is 41.5 Å². The van der Waals surface area contributed by atoms with Crippen LogP contribution in [0.5, 0.6) is 0 Å². The summed E-state index contributed by atoms with van der Waals surface area (Å²) in [6.45, 7) is 0.333. The van der Waals surface area contributed by atoms with E-state index in [1.165, 1.54) is 32.3 Å². The molecule has 1 amide bonds. The first kappa shape index (κ1) is 22.5. The summed E-state index contributed by atoms with van der Waals surface area (Å²) in [6.07, 6.45) is 0.144. The van der Waals surface area contributed by atoms with Gasteiger partial charge in [0.25, 0.3) is 0 Å². The number of amides is 1. The van der Waals surface area contributed by atoms with Crippen LogP contribution in [0.15, 0.2) is 77.7 Å². The van der Waals surface area contributed by atoms with Crippen molar-refractivity contribution in [3.63, 3.8) is 0 Å². The zero-order chi connectivity index (χ0) is 22.4. The second-order valence-electron chi connectivity index (χ2n) is 7.19. The zero-order valence-electron chi connectivity index (χ0n) is 17.3. The highest BCUT2D eigenvalue weighted by atomic mass is 32.2. The number of rotatable bonds is 8. The van der Waals surface area contributed by atoms with E-state index >= 15 is 0 Å². The fourth-order valence-electron chi connectivity index (χ4n) is 2.94. The standard InChI is InChI=1S/C23H24FN3O3S/c1-27(2)31(29,30)20-10-6-9-18(13-20)16-25-19-11-12-21(24)22(15-19)26-23(28)14-17-7-4-3-5-8-17/h3-13,15,25H,14,16H2,1-2H3,(H,26,28). The SMILES string of the molecule is CN(C)S(=O)(=O)c1cccc(CNc2ccc(F)c(NC(=O)Cc3ccccc3)c2)c1. The minimum absolute atomic E-state index is 0.0786. The predicted octanol–water partition coefficient (Wildman–Crippen LogP) is 3.87. The van der Waals surface area contributed by atoms with Gasteiger partial charge >= 0.3 is 0 Å². The van der Waals surface area contributed by atoms with Gasteiger partial charge in [-0.2, -0.15) is 0 Å². The van der Waals surface area contributed by atoms with Gasteiger partial charge in [0.05, 0.1) is 17.0 Å². The lowest BCUT2D eigenvalue weighted by molar-refractivity contribution is -0.115. The Morgan fingerprint density at radius 3 is 2.35 bits per heavy atom. The van der Waals surface area contributed by atoms with E-state index in [-0.39, 0.29) is 22.9 Å². The molecule has 31 heavy (non-hydrogen) atoms. The molecular weight excluding hydrogens is 417 g/mol.